The van der Waals surface area contributed by atoms with E-state index in [0.29, 0.717) is 5.56 Å². The van der Waals surface area contributed by atoms with Gasteiger partial charge < -0.3 is 10.1 Å². The Morgan fingerprint density at radius 3 is 2.72 bits per heavy atom. The summed E-state index contributed by atoms with van der Waals surface area (Å²) in [5.41, 5.74) is 0.706. The summed E-state index contributed by atoms with van der Waals surface area (Å²) in [5, 5.41) is 3.00. The molecule has 1 aromatic rings. The van der Waals surface area contributed by atoms with Crippen LogP contribution >= 0.6 is 11.8 Å². The number of rotatable bonds is 4. The number of hydrogen-bond donors (Lipinski definition) is 1. The molecule has 0 saturated carbocycles. The van der Waals surface area contributed by atoms with Crippen LogP contribution in [0.2, 0.25) is 0 Å². The number of ether oxygens (including phenoxy) is 1. The van der Waals surface area contributed by atoms with Gasteiger partial charge in [-0.25, -0.2) is 0 Å². The van der Waals surface area contributed by atoms with E-state index in [1.807, 2.05) is 37.4 Å². The minimum absolute atomic E-state index is 0.0225. The van der Waals surface area contributed by atoms with Gasteiger partial charge in [0.15, 0.2) is 0 Å². The third-order valence-corrected chi connectivity index (χ3v) is 3.98. The van der Waals surface area contributed by atoms with Gasteiger partial charge in [-0.2, -0.15) is 0 Å². The van der Waals surface area contributed by atoms with Crippen LogP contribution in [0.15, 0.2) is 29.2 Å². The highest BCUT2D eigenvalue weighted by atomic mass is 32.2. The van der Waals surface area contributed by atoms with Crippen LogP contribution in [0.4, 0.5) is 0 Å². The van der Waals surface area contributed by atoms with E-state index >= 15 is 0 Å². The van der Waals surface area contributed by atoms with Gasteiger partial charge >= 0.3 is 0 Å². The Morgan fingerprint density at radius 2 is 2.17 bits per heavy atom. The molecule has 1 aliphatic rings. The molecule has 1 heterocycles. The summed E-state index contributed by atoms with van der Waals surface area (Å²) in [7, 11) is 0. The summed E-state index contributed by atoms with van der Waals surface area (Å²) in [4.78, 5) is 13.2. The highest BCUT2D eigenvalue weighted by Gasteiger charge is 2.23. The molecule has 1 aliphatic heterocycles. The van der Waals surface area contributed by atoms with Crippen LogP contribution in [-0.4, -0.2) is 30.9 Å². The van der Waals surface area contributed by atoms with E-state index in [2.05, 4.69) is 5.32 Å². The van der Waals surface area contributed by atoms with Crippen molar-refractivity contribution in [1.82, 2.24) is 5.32 Å². The summed E-state index contributed by atoms with van der Waals surface area (Å²) in [5.74, 6) is -0.0225. The van der Waals surface area contributed by atoms with E-state index in [1.165, 1.54) is 4.90 Å². The molecular formula is C14H19NO2S. The Balaban J connectivity index is 1.93. The molecule has 1 aromatic carbocycles. The molecule has 0 unspecified atom stereocenters. The van der Waals surface area contributed by atoms with Gasteiger partial charge in [0.1, 0.15) is 0 Å². The van der Waals surface area contributed by atoms with Crippen molar-refractivity contribution in [3.63, 3.8) is 0 Å². The van der Waals surface area contributed by atoms with E-state index in [1.54, 1.807) is 11.8 Å². The molecule has 2 atom stereocenters. The third kappa shape index (κ3) is 3.27. The van der Waals surface area contributed by atoms with Crippen LogP contribution in [0.3, 0.4) is 0 Å². The van der Waals surface area contributed by atoms with Gasteiger partial charge in [-0.1, -0.05) is 0 Å². The number of amides is 1. The molecular weight excluding hydrogens is 246 g/mol. The lowest BCUT2D eigenvalue weighted by atomic mass is 10.1. The Bertz CT molecular complexity index is 399. The van der Waals surface area contributed by atoms with Crippen LogP contribution in [0.5, 0.6) is 0 Å². The zero-order chi connectivity index (χ0) is 13.0. The second-order valence-corrected chi connectivity index (χ2v) is 5.42. The maximum absolute atomic E-state index is 12.0. The largest absolute Gasteiger partial charge is 0.376 e. The Hall–Kier alpha value is -1.00. The van der Waals surface area contributed by atoms with Crippen molar-refractivity contribution in [2.75, 3.05) is 12.9 Å². The standard InChI is InChI=1S/C14H19NO2S/c1-10(13-4-3-9-17-13)15-14(16)11-5-7-12(18-2)8-6-11/h5-8,10,13H,3-4,9H2,1-2H3,(H,15,16)/t10-,13-/m1/s1. The molecule has 3 nitrogen and oxygen atoms in total. The van der Waals surface area contributed by atoms with Crippen molar-refractivity contribution in [2.45, 2.75) is 36.8 Å². The molecule has 1 amide bonds. The van der Waals surface area contributed by atoms with Gasteiger partial charge in [0.2, 0.25) is 0 Å². The van der Waals surface area contributed by atoms with Gasteiger partial charge in [0.25, 0.3) is 5.91 Å². The molecule has 18 heavy (non-hydrogen) atoms. The molecule has 0 aliphatic carbocycles. The Morgan fingerprint density at radius 1 is 1.44 bits per heavy atom. The summed E-state index contributed by atoms with van der Waals surface area (Å²) in [6.07, 6.45) is 4.31. The Kier molecular flexibility index (Phi) is 4.66. The first kappa shape index (κ1) is 13.4. The minimum atomic E-state index is -0.0225. The van der Waals surface area contributed by atoms with Gasteiger partial charge in [0.05, 0.1) is 12.1 Å². The van der Waals surface area contributed by atoms with E-state index < -0.39 is 0 Å². The maximum Gasteiger partial charge on any atom is 0.251 e. The van der Waals surface area contributed by atoms with Gasteiger partial charge in [-0.3, -0.25) is 4.79 Å². The van der Waals surface area contributed by atoms with Crippen LogP contribution in [0.1, 0.15) is 30.1 Å². The SMILES string of the molecule is CSc1ccc(C(=O)N[C@H](C)[C@H]2CCCO2)cc1. The first-order valence-corrected chi connectivity index (χ1v) is 7.49. The number of carbonyl (C=O) groups excluding carboxylic acids is 1. The molecule has 0 radical (unpaired) electrons. The van der Waals surface area contributed by atoms with E-state index in [-0.39, 0.29) is 18.1 Å². The normalized spacial score (nSPS) is 20.7. The van der Waals surface area contributed by atoms with Gasteiger partial charge in [-0.05, 0) is 50.3 Å². The lowest BCUT2D eigenvalue weighted by Gasteiger charge is -2.20. The number of nitrogens with one attached hydrogen (secondary N) is 1. The molecule has 1 fully saturated rings. The summed E-state index contributed by atoms with van der Waals surface area (Å²) in [6.45, 7) is 2.82. The monoisotopic (exact) mass is 265 g/mol. The van der Waals surface area contributed by atoms with E-state index in [9.17, 15) is 4.79 Å². The lowest BCUT2D eigenvalue weighted by Crippen LogP contribution is -2.40. The predicted octanol–water partition coefficient (Wildman–Crippen LogP) is 2.71. The fourth-order valence-corrected chi connectivity index (χ4v) is 2.53. The zero-order valence-corrected chi connectivity index (χ0v) is 11.6. The number of benzene rings is 1. The number of thioether (sulfide) groups is 1. The molecule has 1 N–H and O–H groups in total. The van der Waals surface area contributed by atoms with Crippen molar-refractivity contribution in [1.29, 1.82) is 0 Å². The molecule has 1 saturated heterocycles. The number of hydrogen-bond acceptors (Lipinski definition) is 3. The molecule has 0 spiro atoms. The highest BCUT2D eigenvalue weighted by molar-refractivity contribution is 7.98. The second kappa shape index (κ2) is 6.25. The Labute approximate surface area is 112 Å². The minimum Gasteiger partial charge on any atom is -0.376 e. The topological polar surface area (TPSA) is 38.3 Å². The molecule has 0 bridgehead atoms. The molecule has 0 aromatic heterocycles. The summed E-state index contributed by atoms with van der Waals surface area (Å²) < 4.78 is 5.57. The fourth-order valence-electron chi connectivity index (χ4n) is 2.12. The van der Waals surface area contributed by atoms with Crippen LogP contribution < -0.4 is 5.32 Å². The van der Waals surface area contributed by atoms with Crippen molar-refractivity contribution in [2.24, 2.45) is 0 Å². The highest BCUT2D eigenvalue weighted by Crippen LogP contribution is 2.17. The average molecular weight is 265 g/mol. The van der Waals surface area contributed by atoms with Crippen molar-refractivity contribution in [3.05, 3.63) is 29.8 Å². The smallest absolute Gasteiger partial charge is 0.251 e. The third-order valence-electron chi connectivity index (χ3n) is 3.23. The van der Waals surface area contributed by atoms with Crippen LogP contribution in [0.25, 0.3) is 0 Å². The fraction of sp³-hybridized carbons (Fsp3) is 0.500. The van der Waals surface area contributed by atoms with Crippen molar-refractivity contribution < 1.29 is 9.53 Å². The molecule has 4 heteroatoms. The second-order valence-electron chi connectivity index (χ2n) is 4.54. The van der Waals surface area contributed by atoms with Gasteiger partial charge in [0, 0.05) is 17.1 Å². The van der Waals surface area contributed by atoms with Gasteiger partial charge in [-0.15, -0.1) is 11.8 Å². The van der Waals surface area contributed by atoms with E-state index in [4.69, 9.17) is 4.74 Å². The van der Waals surface area contributed by atoms with Crippen molar-refractivity contribution in [3.8, 4) is 0 Å². The average Bonchev–Trinajstić information content (AvgIpc) is 2.92. The summed E-state index contributed by atoms with van der Waals surface area (Å²) >= 11 is 1.67. The zero-order valence-electron chi connectivity index (χ0n) is 10.8. The quantitative estimate of drug-likeness (QED) is 0.851. The van der Waals surface area contributed by atoms with E-state index in [0.717, 1.165) is 19.4 Å². The first-order valence-electron chi connectivity index (χ1n) is 6.27. The molecule has 98 valence electrons. The summed E-state index contributed by atoms with van der Waals surface area (Å²) in [6, 6.07) is 7.74. The van der Waals surface area contributed by atoms with Crippen molar-refractivity contribution >= 4 is 17.7 Å². The predicted molar refractivity (Wildman–Crippen MR) is 74.1 cm³/mol. The lowest BCUT2D eigenvalue weighted by molar-refractivity contribution is 0.0712. The van der Waals surface area contributed by atoms with Crippen LogP contribution in [-0.2, 0) is 4.74 Å². The number of carbonyl (C=O) groups is 1. The molecule has 2 rings (SSSR count). The van der Waals surface area contributed by atoms with Crippen LogP contribution in [0, 0.1) is 0 Å². The maximum atomic E-state index is 12.0. The first-order chi connectivity index (χ1) is 8.70.